The minimum absolute atomic E-state index is 0.0840. The van der Waals surface area contributed by atoms with Crippen LogP contribution >= 0.6 is 0 Å². The molecule has 34 heavy (non-hydrogen) atoms. The van der Waals surface area contributed by atoms with Gasteiger partial charge in [0.05, 0.1) is 22.6 Å². The number of carbonyl (C=O) groups is 1. The van der Waals surface area contributed by atoms with Gasteiger partial charge in [-0.05, 0) is 69.6 Å². The van der Waals surface area contributed by atoms with E-state index in [-0.39, 0.29) is 23.4 Å². The van der Waals surface area contributed by atoms with Crippen LogP contribution in [0.25, 0.3) is 16.6 Å². The average Bonchev–Trinajstić information content (AvgIpc) is 2.80. The first-order valence-corrected chi connectivity index (χ1v) is 12.5. The first-order chi connectivity index (χ1) is 16.4. The smallest absolute Gasteiger partial charge is 0.266 e. The molecular formula is C28H36N4O2. The summed E-state index contributed by atoms with van der Waals surface area (Å²) in [5, 5.41) is 0.589. The van der Waals surface area contributed by atoms with Crippen molar-refractivity contribution < 1.29 is 4.79 Å². The quantitative estimate of drug-likeness (QED) is 0.469. The van der Waals surface area contributed by atoms with Crippen LogP contribution in [0.4, 0.5) is 0 Å². The summed E-state index contributed by atoms with van der Waals surface area (Å²) in [7, 11) is 4.04. The highest BCUT2D eigenvalue weighted by atomic mass is 16.2. The van der Waals surface area contributed by atoms with E-state index in [9.17, 15) is 9.59 Å². The van der Waals surface area contributed by atoms with Crippen molar-refractivity contribution in [1.82, 2.24) is 19.4 Å². The largest absolute Gasteiger partial charge is 0.331 e. The highest BCUT2D eigenvalue weighted by Crippen LogP contribution is 2.33. The fourth-order valence-electron chi connectivity index (χ4n) is 4.66. The van der Waals surface area contributed by atoms with E-state index >= 15 is 0 Å². The number of hydrogen-bond acceptors (Lipinski definition) is 4. The molecule has 1 saturated carbocycles. The van der Waals surface area contributed by atoms with Crippen molar-refractivity contribution >= 4 is 16.8 Å². The molecule has 2 aromatic carbocycles. The zero-order valence-corrected chi connectivity index (χ0v) is 20.8. The number of benzene rings is 2. The molecular weight excluding hydrogens is 424 g/mol. The van der Waals surface area contributed by atoms with Gasteiger partial charge in [0.25, 0.3) is 5.56 Å². The van der Waals surface area contributed by atoms with Crippen LogP contribution in [0.3, 0.4) is 0 Å². The van der Waals surface area contributed by atoms with E-state index in [0.717, 1.165) is 37.9 Å². The van der Waals surface area contributed by atoms with Crippen LogP contribution in [0.2, 0.25) is 0 Å². The van der Waals surface area contributed by atoms with Crippen molar-refractivity contribution in [2.45, 2.75) is 52.0 Å². The second kappa shape index (κ2) is 10.5. The zero-order chi connectivity index (χ0) is 24.2. The Morgan fingerprint density at radius 3 is 2.35 bits per heavy atom. The molecule has 180 valence electrons. The van der Waals surface area contributed by atoms with Gasteiger partial charge >= 0.3 is 0 Å². The number of fused-ring (bicyclic) bond motifs is 1. The van der Waals surface area contributed by atoms with Gasteiger partial charge in [-0.2, -0.15) is 0 Å². The molecule has 6 nitrogen and oxygen atoms in total. The number of likely N-dealkylation sites (N-methyl/N-ethyl adjacent to an activating group) is 1. The zero-order valence-electron chi connectivity index (χ0n) is 20.8. The van der Waals surface area contributed by atoms with Crippen molar-refractivity contribution in [3.8, 4) is 5.69 Å². The van der Waals surface area contributed by atoms with Gasteiger partial charge in [0, 0.05) is 19.0 Å². The minimum atomic E-state index is -0.281. The molecule has 3 aromatic rings. The Morgan fingerprint density at radius 2 is 1.76 bits per heavy atom. The van der Waals surface area contributed by atoms with E-state index in [1.165, 1.54) is 5.56 Å². The van der Waals surface area contributed by atoms with E-state index < -0.39 is 0 Å². The van der Waals surface area contributed by atoms with E-state index in [1.807, 2.05) is 55.4 Å². The van der Waals surface area contributed by atoms with Crippen molar-refractivity contribution in [1.29, 1.82) is 0 Å². The van der Waals surface area contributed by atoms with Crippen LogP contribution in [-0.4, -0.2) is 52.4 Å². The van der Waals surface area contributed by atoms with Gasteiger partial charge in [0.1, 0.15) is 5.82 Å². The number of rotatable bonds is 9. The van der Waals surface area contributed by atoms with Gasteiger partial charge in [0.2, 0.25) is 5.91 Å². The number of hydrogen-bond donors (Lipinski definition) is 0. The van der Waals surface area contributed by atoms with Gasteiger partial charge in [0.15, 0.2) is 0 Å². The number of aryl methyl sites for hydroxylation is 1. The topological polar surface area (TPSA) is 58.4 Å². The highest BCUT2D eigenvalue weighted by Gasteiger charge is 2.35. The molecule has 0 saturated heterocycles. The maximum Gasteiger partial charge on any atom is 0.266 e. The molecule has 1 heterocycles. The number of nitrogens with zero attached hydrogens (tertiary/aromatic N) is 4. The first-order valence-electron chi connectivity index (χ1n) is 12.5. The van der Waals surface area contributed by atoms with E-state index in [2.05, 4.69) is 30.9 Å². The number of aromatic nitrogens is 2. The average molecular weight is 461 g/mol. The van der Waals surface area contributed by atoms with Crippen molar-refractivity contribution in [3.63, 3.8) is 0 Å². The van der Waals surface area contributed by atoms with Gasteiger partial charge in [-0.1, -0.05) is 44.5 Å². The summed E-state index contributed by atoms with van der Waals surface area (Å²) in [5.74, 6) is 0.915. The number of para-hydroxylation sites is 1. The Kier molecular flexibility index (Phi) is 7.47. The lowest BCUT2D eigenvalue weighted by Gasteiger charge is -2.37. The van der Waals surface area contributed by atoms with Crippen molar-refractivity contribution in [2.24, 2.45) is 5.92 Å². The van der Waals surface area contributed by atoms with Crippen molar-refractivity contribution in [3.05, 3.63) is 70.3 Å². The molecule has 1 fully saturated rings. The maximum absolute atomic E-state index is 13.8. The molecule has 1 aliphatic carbocycles. The Labute approximate surface area is 202 Å². The second-order valence-electron chi connectivity index (χ2n) is 9.53. The molecule has 0 bridgehead atoms. The van der Waals surface area contributed by atoms with E-state index in [1.54, 1.807) is 4.57 Å². The molecule has 0 radical (unpaired) electrons. The monoisotopic (exact) mass is 460 g/mol. The Bertz CT molecular complexity index is 1200. The fraction of sp³-hybridized carbons (Fsp3) is 0.464. The normalized spacial score (nSPS) is 14.9. The van der Waals surface area contributed by atoms with Gasteiger partial charge < -0.3 is 9.80 Å². The SMILES string of the molecule is CCc1ccc(-n2c(C(CC)N(CCN(C)C)C(=O)C3CCC3)nc3ccccc3c2=O)cc1. The third kappa shape index (κ3) is 4.78. The lowest BCUT2D eigenvalue weighted by atomic mass is 9.84. The second-order valence-corrected chi connectivity index (χ2v) is 9.53. The molecule has 0 N–H and O–H groups in total. The third-order valence-electron chi connectivity index (χ3n) is 6.99. The summed E-state index contributed by atoms with van der Waals surface area (Å²) in [6.45, 7) is 5.56. The molecule has 0 aliphatic heterocycles. The van der Waals surface area contributed by atoms with E-state index in [4.69, 9.17) is 4.98 Å². The Morgan fingerprint density at radius 1 is 1.06 bits per heavy atom. The third-order valence-corrected chi connectivity index (χ3v) is 6.99. The molecule has 1 aromatic heterocycles. The minimum Gasteiger partial charge on any atom is -0.331 e. The van der Waals surface area contributed by atoms with Crippen LogP contribution in [0.15, 0.2) is 53.3 Å². The van der Waals surface area contributed by atoms with Crippen LogP contribution in [-0.2, 0) is 11.2 Å². The lowest BCUT2D eigenvalue weighted by Crippen LogP contribution is -2.45. The highest BCUT2D eigenvalue weighted by molar-refractivity contribution is 5.81. The summed E-state index contributed by atoms with van der Waals surface area (Å²) >= 11 is 0. The molecule has 6 heteroatoms. The van der Waals surface area contributed by atoms with Crippen LogP contribution in [0.1, 0.15) is 57.0 Å². The summed E-state index contributed by atoms with van der Waals surface area (Å²) in [5.41, 5.74) is 2.59. The predicted octanol–water partition coefficient (Wildman–Crippen LogP) is 4.59. The molecule has 4 rings (SSSR count). The summed E-state index contributed by atoms with van der Waals surface area (Å²) in [6.07, 6.45) is 4.62. The van der Waals surface area contributed by atoms with Gasteiger partial charge in [-0.3, -0.25) is 14.2 Å². The standard InChI is InChI=1S/C28H36N4O2/c1-5-20-14-16-22(17-15-20)32-26(29-24-13-8-7-12-23(24)28(32)34)25(6-2)31(19-18-30(3)4)27(33)21-10-9-11-21/h7-8,12-17,21,25H,5-6,9-11,18-19H2,1-4H3. The summed E-state index contributed by atoms with van der Waals surface area (Å²) < 4.78 is 1.73. The Balaban J connectivity index is 1.89. The molecule has 1 atom stereocenters. The first kappa shape index (κ1) is 24.1. The summed E-state index contributed by atoms with van der Waals surface area (Å²) in [4.78, 5) is 36.5. The Hall–Kier alpha value is -2.99. The van der Waals surface area contributed by atoms with E-state index in [0.29, 0.717) is 29.7 Å². The van der Waals surface area contributed by atoms with Crippen LogP contribution < -0.4 is 5.56 Å². The molecule has 1 unspecified atom stereocenters. The summed E-state index contributed by atoms with van der Waals surface area (Å²) in [6, 6.07) is 15.3. The van der Waals surface area contributed by atoms with Gasteiger partial charge in [-0.25, -0.2) is 4.98 Å². The van der Waals surface area contributed by atoms with Crippen LogP contribution in [0.5, 0.6) is 0 Å². The molecule has 1 aliphatic rings. The molecule has 1 amide bonds. The molecule has 0 spiro atoms. The lowest BCUT2D eigenvalue weighted by molar-refractivity contribution is -0.141. The van der Waals surface area contributed by atoms with Crippen molar-refractivity contribution in [2.75, 3.05) is 27.2 Å². The fourth-order valence-corrected chi connectivity index (χ4v) is 4.66. The van der Waals surface area contributed by atoms with Gasteiger partial charge in [-0.15, -0.1) is 0 Å². The predicted molar refractivity (Wildman–Crippen MR) is 137 cm³/mol. The maximum atomic E-state index is 13.8. The van der Waals surface area contributed by atoms with Crippen LogP contribution in [0, 0.1) is 5.92 Å². The number of carbonyl (C=O) groups excluding carboxylic acids is 1. The number of amides is 1.